The van der Waals surface area contributed by atoms with Crippen molar-refractivity contribution in [2.75, 3.05) is 34.5 Å². The summed E-state index contributed by atoms with van der Waals surface area (Å²) in [5.41, 5.74) is 3.35. The number of benzene rings is 2. The molecule has 0 fully saturated rings. The maximum Gasteiger partial charge on any atom is 0.160 e. The first kappa shape index (κ1) is 144. The predicted octanol–water partition coefficient (Wildman–Crippen LogP) is 7.14. The fourth-order valence-electron chi connectivity index (χ4n) is 3.21. The van der Waals surface area contributed by atoms with Crippen LogP contribution in [0.1, 0.15) is 117 Å². The van der Waals surface area contributed by atoms with Crippen LogP contribution < -0.4 is 0 Å². The molecule has 0 amide bonds. The van der Waals surface area contributed by atoms with Gasteiger partial charge in [-0.25, -0.2) is 0 Å². The van der Waals surface area contributed by atoms with E-state index in [4.69, 9.17) is 0 Å². The normalized spacial score (nSPS) is 6.45. The van der Waals surface area contributed by atoms with Crippen LogP contribution in [-0.2, 0) is 354 Å². The molecule has 2 aromatic carbocycles. The van der Waals surface area contributed by atoms with E-state index in [1.165, 1.54) is 0 Å². The summed E-state index contributed by atoms with van der Waals surface area (Å²) in [6.45, 7) is 19.8. The van der Waals surface area contributed by atoms with Crippen LogP contribution in [0.15, 0.2) is 24.3 Å². The van der Waals surface area contributed by atoms with Gasteiger partial charge in [-0.15, -0.1) is 0 Å². The molecule has 0 atom stereocenters. The molecule has 4 nitrogen and oxygen atoms in total. The minimum absolute atomic E-state index is 0. The Balaban J connectivity index is -0.0000000157. The smallest absolute Gasteiger partial charge is 0.160 e. The predicted molar refractivity (Wildman–Crippen MR) is 293 cm³/mol. The summed E-state index contributed by atoms with van der Waals surface area (Å²) in [4.78, 5) is 0. The first-order chi connectivity index (χ1) is 21.9. The third kappa shape index (κ3) is 104. The van der Waals surface area contributed by atoms with Crippen LogP contribution in [0.2, 0.25) is 0 Å². The van der Waals surface area contributed by atoms with E-state index in [1.807, 2.05) is 65.8 Å². The van der Waals surface area contributed by atoms with Crippen LogP contribution >= 0.6 is 0 Å². The fraction of sp³-hybridized carbons (Fsp3) is 0.667. The molecule has 26 heteroatoms. The van der Waals surface area contributed by atoms with Gasteiger partial charge in [0.1, 0.15) is 0 Å². The average molecular weight is 1550 g/mol. The van der Waals surface area contributed by atoms with E-state index in [-0.39, 0.29) is 276 Å². The van der Waals surface area contributed by atoms with Gasteiger partial charge in [0.2, 0.25) is 0 Å². The minimum Gasteiger partial charge on any atom is -0.813 e. The Kier molecular flexibility index (Phi) is 296. The second-order valence-electron chi connectivity index (χ2n) is 8.89. The number of phenols is 4. The van der Waals surface area contributed by atoms with Crippen LogP contribution in [-0.4, -0.2) is 54.9 Å². The molecule has 0 aliphatic rings. The molecule has 4 N–H and O–H groups in total. The summed E-state index contributed by atoms with van der Waals surface area (Å²) in [5, 5.41) is 38.7. The molecule has 0 aromatic heterocycles. The van der Waals surface area contributed by atoms with E-state index in [0.717, 1.165) is 108 Å². The molecular formula is C36H74Fe6Mo2O4S14-14. The molecule has 400 valence electrons. The third-order valence-electron chi connectivity index (χ3n) is 4.71. The van der Waals surface area contributed by atoms with Crippen LogP contribution in [0.5, 0.6) is 23.0 Å². The second-order valence-corrected chi connectivity index (χ2v) is 12.4. The zero-order valence-electron chi connectivity index (χ0n) is 37.0. The summed E-state index contributed by atoms with van der Waals surface area (Å²) < 4.78 is 0. The van der Waals surface area contributed by atoms with Crippen LogP contribution in [0.4, 0.5) is 0 Å². The number of hydrogen-bond donors (Lipinski definition) is 4. The minimum atomic E-state index is 0. The van der Waals surface area contributed by atoms with Gasteiger partial charge in [0.15, 0.2) is 23.0 Å². The first-order valence-electron chi connectivity index (χ1n) is 16.4. The molecule has 0 saturated heterocycles. The molecule has 2 aromatic rings. The van der Waals surface area contributed by atoms with Gasteiger partial charge in [0, 0.05) is 145 Å². The Morgan fingerprint density at radius 3 is 0.435 bits per heavy atom. The monoisotopic (exact) mass is 1550 g/mol. The van der Waals surface area contributed by atoms with Crippen molar-refractivity contribution in [3.05, 3.63) is 46.5 Å². The number of aryl methyl sites for hydroxylation is 4. The molecule has 0 spiro atoms. The number of rotatable bonds is 8. The molecule has 0 radical (unpaired) electrons. The van der Waals surface area contributed by atoms with Crippen molar-refractivity contribution in [3.8, 4) is 23.0 Å². The molecule has 2 rings (SSSR count). The Morgan fingerprint density at radius 1 is 0.290 bits per heavy atom. The molecule has 0 aliphatic heterocycles. The van der Waals surface area contributed by atoms with Crippen LogP contribution in [0.3, 0.4) is 0 Å². The van der Waals surface area contributed by atoms with Gasteiger partial charge in [0.25, 0.3) is 0 Å². The largest absolute Gasteiger partial charge is 0.813 e. The average Bonchev–Trinajstić information content (AvgIpc) is 3.00. The zero-order chi connectivity index (χ0) is 37.3. The van der Waals surface area contributed by atoms with Crippen molar-refractivity contribution in [1.82, 2.24) is 0 Å². The molecular weight excluding hydrogens is 1470 g/mol. The molecule has 0 heterocycles. The summed E-state index contributed by atoms with van der Waals surface area (Å²) in [5.74, 6) is 5.27. The van der Waals surface area contributed by atoms with Gasteiger partial charge >= 0.3 is 0 Å². The third-order valence-corrected chi connectivity index (χ3v) is 4.71. The van der Waals surface area contributed by atoms with Gasteiger partial charge in [-0.05, 0) is 47.9 Å². The number of hydrogen-bond acceptors (Lipinski definition) is 18. The van der Waals surface area contributed by atoms with Gasteiger partial charge in [-0.2, -0.15) is 34.5 Å². The number of thiol groups is 8. The van der Waals surface area contributed by atoms with E-state index in [9.17, 15) is 20.4 Å². The zero-order valence-corrected chi connectivity index (χ0v) is 59.7. The molecule has 0 unspecified atom stereocenters. The molecule has 62 heavy (non-hydrogen) atoms. The second kappa shape index (κ2) is 127. The SMILES string of the molecule is CCCc1ccc(CCC)c(O)c1O.CCCc1ccc(CCC)c(O)c1O.CC[S-].CC[S-].CC[S-].CC[S-].CC[S-].CC[S-].[Fe].[Fe].[Fe].[Fe].[Fe].[Fe].[Mo].[Mo].[SH-].[SH-].[SH-].[SH-].[SH-].[SH-].[SH-].[SH-]. The van der Waals surface area contributed by atoms with Crippen LogP contribution in [0, 0.1) is 0 Å². The summed E-state index contributed by atoms with van der Waals surface area (Å²) in [6.07, 6.45) is 7.13. The summed E-state index contributed by atoms with van der Waals surface area (Å²) in [6, 6.07) is 7.63. The van der Waals surface area contributed by atoms with Crippen molar-refractivity contribution in [2.24, 2.45) is 0 Å². The van der Waals surface area contributed by atoms with Crippen molar-refractivity contribution < 1.29 is 165 Å². The fourth-order valence-corrected chi connectivity index (χ4v) is 3.21. The van der Waals surface area contributed by atoms with Gasteiger partial charge in [-0.1, -0.05) is 119 Å². The molecule has 0 aliphatic carbocycles. The first-order valence-corrected chi connectivity index (χ1v) is 19.9. The summed E-state index contributed by atoms with van der Waals surface area (Å²) in [7, 11) is 0. The van der Waals surface area contributed by atoms with E-state index >= 15 is 0 Å². The number of aromatic hydroxyl groups is 4. The van der Waals surface area contributed by atoms with Gasteiger partial charge in [0.05, 0.1) is 0 Å². The number of phenolic OH excluding ortho intramolecular Hbond substituents is 4. The van der Waals surface area contributed by atoms with Gasteiger partial charge < -0.3 is 204 Å². The van der Waals surface area contributed by atoms with Crippen molar-refractivity contribution in [3.63, 3.8) is 0 Å². The van der Waals surface area contributed by atoms with Gasteiger partial charge in [-0.3, -0.25) is 0 Å². The molecule has 0 saturated carbocycles. The van der Waals surface area contributed by atoms with E-state index in [1.54, 1.807) is 0 Å². The Morgan fingerprint density at radius 2 is 0.371 bits per heavy atom. The topological polar surface area (TPSA) is 80.9 Å². The Bertz CT molecular complexity index is 774. The Hall–Kier alpha value is 7.03. The maximum atomic E-state index is 9.69. The van der Waals surface area contributed by atoms with E-state index < -0.39 is 0 Å². The van der Waals surface area contributed by atoms with Crippen molar-refractivity contribution in [1.29, 1.82) is 0 Å². The van der Waals surface area contributed by atoms with Crippen LogP contribution in [0.25, 0.3) is 0 Å². The van der Waals surface area contributed by atoms with Crippen molar-refractivity contribution >= 4 is 184 Å². The quantitative estimate of drug-likeness (QED) is 0.0936. The Labute approximate surface area is 564 Å². The maximum absolute atomic E-state index is 9.69. The van der Waals surface area contributed by atoms with E-state index in [2.05, 4.69) is 103 Å². The van der Waals surface area contributed by atoms with Crippen molar-refractivity contribution in [2.45, 2.75) is 121 Å². The van der Waals surface area contributed by atoms with E-state index in [0.29, 0.717) is 0 Å². The standard InChI is InChI=1S/2C12H18O2.6C2H6S.6Fe.2Mo.8H2S/c2*1-3-5-9-7-8-10(6-4-2)12(14)11(9)13;6*1-2-3;;;;;;;;;;;;;;;;/h2*7-8,13-14H,3-6H2,1-2H3;6*3H,2H2,1H3;;;;;;;;;8*1H2/p-14. The molecule has 0 bridgehead atoms. The summed E-state index contributed by atoms with van der Waals surface area (Å²) >= 11 is 26.4.